The topological polar surface area (TPSA) is 41.6 Å². The number of amides is 1. The summed E-state index contributed by atoms with van der Waals surface area (Å²) in [5.41, 5.74) is 1.02. The number of ether oxygens (including phenoxy) is 1. The van der Waals surface area contributed by atoms with Crippen LogP contribution < -0.4 is 10.1 Å². The predicted octanol–water partition coefficient (Wildman–Crippen LogP) is 3.79. The number of carbonyl (C=O) groups is 1. The summed E-state index contributed by atoms with van der Waals surface area (Å²) < 4.78 is 5.13. The van der Waals surface area contributed by atoms with Crippen LogP contribution in [0.15, 0.2) is 24.3 Å². The lowest BCUT2D eigenvalue weighted by atomic mass is 9.94. The molecule has 140 valence electrons. The molecule has 1 saturated carbocycles. The van der Waals surface area contributed by atoms with Crippen molar-refractivity contribution < 1.29 is 9.53 Å². The number of carbonyl (C=O) groups excluding carboxylic acids is 1. The molecule has 0 aliphatic heterocycles. The molecule has 0 spiro atoms. The van der Waals surface area contributed by atoms with Crippen LogP contribution in [0.4, 0.5) is 0 Å². The summed E-state index contributed by atoms with van der Waals surface area (Å²) in [5, 5.41) is 3.03. The minimum atomic E-state index is 0.101. The van der Waals surface area contributed by atoms with E-state index in [1.54, 1.807) is 7.11 Å². The summed E-state index contributed by atoms with van der Waals surface area (Å²) >= 11 is 0. The van der Waals surface area contributed by atoms with Gasteiger partial charge < -0.3 is 15.0 Å². The van der Waals surface area contributed by atoms with Crippen LogP contribution in [-0.4, -0.2) is 44.1 Å². The second-order valence-corrected chi connectivity index (χ2v) is 7.21. The maximum atomic E-state index is 12.0. The van der Waals surface area contributed by atoms with E-state index in [1.807, 2.05) is 24.3 Å². The van der Waals surface area contributed by atoms with Crippen molar-refractivity contribution in [1.29, 1.82) is 0 Å². The summed E-state index contributed by atoms with van der Waals surface area (Å²) in [4.78, 5) is 14.5. The second-order valence-electron chi connectivity index (χ2n) is 7.21. The number of nitrogens with zero attached hydrogens (tertiary/aromatic N) is 1. The van der Waals surface area contributed by atoms with Gasteiger partial charge in [-0.05, 0) is 57.0 Å². The SMILES string of the molecule is COc1ccc(CC(=O)NCCCCCN(C)C2CCCCC2)cc1. The molecule has 1 fully saturated rings. The Kier molecular flexibility index (Phi) is 8.81. The molecule has 1 N–H and O–H groups in total. The third-order valence-electron chi connectivity index (χ3n) is 5.23. The molecule has 0 radical (unpaired) electrons. The molecule has 0 bridgehead atoms. The zero-order valence-electron chi connectivity index (χ0n) is 15.9. The third-order valence-corrected chi connectivity index (χ3v) is 5.23. The molecule has 1 aliphatic rings. The predicted molar refractivity (Wildman–Crippen MR) is 103 cm³/mol. The van der Waals surface area contributed by atoms with Crippen LogP contribution in [0.3, 0.4) is 0 Å². The van der Waals surface area contributed by atoms with E-state index >= 15 is 0 Å². The molecule has 0 unspecified atom stereocenters. The fourth-order valence-corrected chi connectivity index (χ4v) is 3.59. The molecule has 1 amide bonds. The van der Waals surface area contributed by atoms with Crippen molar-refractivity contribution in [3.8, 4) is 5.75 Å². The van der Waals surface area contributed by atoms with Crippen LogP contribution in [0.25, 0.3) is 0 Å². The Morgan fingerprint density at radius 1 is 1.12 bits per heavy atom. The fourth-order valence-electron chi connectivity index (χ4n) is 3.59. The molecule has 1 aliphatic carbocycles. The Hall–Kier alpha value is -1.55. The highest BCUT2D eigenvalue weighted by Gasteiger charge is 2.17. The quantitative estimate of drug-likeness (QED) is 0.655. The molecule has 1 aromatic carbocycles. The zero-order valence-corrected chi connectivity index (χ0v) is 15.9. The van der Waals surface area contributed by atoms with Crippen molar-refractivity contribution in [2.75, 3.05) is 27.2 Å². The van der Waals surface area contributed by atoms with Crippen LogP contribution >= 0.6 is 0 Å². The number of hydrogen-bond acceptors (Lipinski definition) is 3. The molecule has 0 aromatic heterocycles. The van der Waals surface area contributed by atoms with Gasteiger partial charge in [0.05, 0.1) is 13.5 Å². The van der Waals surface area contributed by atoms with Gasteiger partial charge in [-0.3, -0.25) is 4.79 Å². The fraction of sp³-hybridized carbons (Fsp3) is 0.667. The van der Waals surface area contributed by atoms with Gasteiger partial charge in [-0.25, -0.2) is 0 Å². The maximum absolute atomic E-state index is 12.0. The minimum absolute atomic E-state index is 0.101. The summed E-state index contributed by atoms with van der Waals surface area (Å²) in [6.07, 6.45) is 10.9. The normalized spacial score (nSPS) is 15.3. The lowest BCUT2D eigenvalue weighted by molar-refractivity contribution is -0.120. The van der Waals surface area contributed by atoms with E-state index in [-0.39, 0.29) is 5.91 Å². The first-order chi connectivity index (χ1) is 12.2. The third kappa shape index (κ3) is 7.47. The Bertz CT molecular complexity index is 495. The van der Waals surface area contributed by atoms with Crippen molar-refractivity contribution in [3.63, 3.8) is 0 Å². The van der Waals surface area contributed by atoms with E-state index in [0.717, 1.165) is 30.3 Å². The molecule has 2 rings (SSSR count). The van der Waals surface area contributed by atoms with Gasteiger partial charge in [0, 0.05) is 12.6 Å². The van der Waals surface area contributed by atoms with Gasteiger partial charge in [0.2, 0.25) is 5.91 Å². The lowest BCUT2D eigenvalue weighted by Crippen LogP contribution is -2.34. The van der Waals surface area contributed by atoms with Crippen LogP contribution in [0.5, 0.6) is 5.75 Å². The van der Waals surface area contributed by atoms with E-state index in [4.69, 9.17) is 4.74 Å². The standard InChI is InChI=1S/C21H34N2O2/c1-23(19-9-5-3-6-10-19)16-8-4-7-15-22-21(24)17-18-11-13-20(25-2)14-12-18/h11-14,19H,3-10,15-17H2,1-2H3,(H,22,24). The summed E-state index contributed by atoms with van der Waals surface area (Å²) in [5.74, 6) is 0.923. The number of unbranched alkanes of at least 4 members (excludes halogenated alkanes) is 2. The highest BCUT2D eigenvalue weighted by atomic mass is 16.5. The molecule has 4 nitrogen and oxygen atoms in total. The number of rotatable bonds is 10. The molecular weight excluding hydrogens is 312 g/mol. The van der Waals surface area contributed by atoms with Crippen LogP contribution in [0, 0.1) is 0 Å². The smallest absolute Gasteiger partial charge is 0.224 e. The Morgan fingerprint density at radius 2 is 1.84 bits per heavy atom. The molecule has 0 atom stereocenters. The van der Waals surface area contributed by atoms with E-state index in [1.165, 1.54) is 51.5 Å². The van der Waals surface area contributed by atoms with E-state index in [2.05, 4.69) is 17.3 Å². The molecule has 1 aromatic rings. The van der Waals surface area contributed by atoms with Crippen LogP contribution in [-0.2, 0) is 11.2 Å². The summed E-state index contributed by atoms with van der Waals surface area (Å²) in [6, 6.07) is 8.48. The Labute approximate surface area is 152 Å². The first-order valence-corrected chi connectivity index (χ1v) is 9.79. The largest absolute Gasteiger partial charge is 0.497 e. The van der Waals surface area contributed by atoms with E-state index < -0.39 is 0 Å². The first-order valence-electron chi connectivity index (χ1n) is 9.79. The monoisotopic (exact) mass is 346 g/mol. The van der Waals surface area contributed by atoms with E-state index in [9.17, 15) is 4.79 Å². The second kappa shape index (κ2) is 11.1. The Balaban J connectivity index is 1.51. The number of methoxy groups -OCH3 is 1. The van der Waals surface area contributed by atoms with Gasteiger partial charge in [0.15, 0.2) is 0 Å². The molecular formula is C21H34N2O2. The molecule has 0 saturated heterocycles. The Morgan fingerprint density at radius 3 is 2.52 bits per heavy atom. The average Bonchev–Trinajstić information content (AvgIpc) is 2.65. The average molecular weight is 347 g/mol. The van der Waals surface area contributed by atoms with Gasteiger partial charge >= 0.3 is 0 Å². The van der Waals surface area contributed by atoms with Crippen LogP contribution in [0.2, 0.25) is 0 Å². The molecule has 4 heteroatoms. The minimum Gasteiger partial charge on any atom is -0.497 e. The summed E-state index contributed by atoms with van der Waals surface area (Å²) in [7, 11) is 3.92. The maximum Gasteiger partial charge on any atom is 0.224 e. The van der Waals surface area contributed by atoms with Gasteiger partial charge in [-0.1, -0.05) is 37.8 Å². The van der Waals surface area contributed by atoms with Gasteiger partial charge in [0.1, 0.15) is 5.75 Å². The van der Waals surface area contributed by atoms with Crippen molar-refractivity contribution >= 4 is 5.91 Å². The van der Waals surface area contributed by atoms with Crippen molar-refractivity contribution in [1.82, 2.24) is 10.2 Å². The summed E-state index contributed by atoms with van der Waals surface area (Å²) in [6.45, 7) is 1.96. The number of hydrogen-bond donors (Lipinski definition) is 1. The van der Waals surface area contributed by atoms with Crippen molar-refractivity contribution in [2.24, 2.45) is 0 Å². The van der Waals surface area contributed by atoms with E-state index in [0.29, 0.717) is 6.42 Å². The number of nitrogens with one attached hydrogen (secondary N) is 1. The van der Waals surface area contributed by atoms with Gasteiger partial charge in [-0.2, -0.15) is 0 Å². The van der Waals surface area contributed by atoms with Gasteiger partial charge in [0.25, 0.3) is 0 Å². The first kappa shape index (κ1) is 19.8. The van der Waals surface area contributed by atoms with Gasteiger partial charge in [-0.15, -0.1) is 0 Å². The molecule has 0 heterocycles. The number of benzene rings is 1. The highest BCUT2D eigenvalue weighted by molar-refractivity contribution is 5.78. The van der Waals surface area contributed by atoms with Crippen LogP contribution in [0.1, 0.15) is 56.9 Å². The lowest BCUT2D eigenvalue weighted by Gasteiger charge is -2.31. The molecule has 25 heavy (non-hydrogen) atoms. The zero-order chi connectivity index (χ0) is 17.9. The highest BCUT2D eigenvalue weighted by Crippen LogP contribution is 2.21. The van der Waals surface area contributed by atoms with Crippen molar-refractivity contribution in [2.45, 2.75) is 63.8 Å². The van der Waals surface area contributed by atoms with Crippen molar-refractivity contribution in [3.05, 3.63) is 29.8 Å².